The van der Waals surface area contributed by atoms with Crippen molar-refractivity contribution in [2.45, 2.75) is 57.7 Å². The van der Waals surface area contributed by atoms with Crippen LogP contribution in [0, 0.1) is 12.8 Å². The van der Waals surface area contributed by atoms with Crippen LogP contribution in [0.3, 0.4) is 0 Å². The van der Waals surface area contributed by atoms with Crippen LogP contribution in [0.1, 0.15) is 53.8 Å². The lowest BCUT2D eigenvalue weighted by Gasteiger charge is -2.48. The molecule has 2 saturated heterocycles. The summed E-state index contributed by atoms with van der Waals surface area (Å²) in [5.41, 5.74) is 2.04. The standard InChI is InChI=1S/C21H25N3O/c1-15-22-12-18(13-23-15)21(25)17-10-19-8-5-9-20(11-17)24(19)14-16-6-3-2-4-7-16/h2-4,6-7,12-13,17,19-20H,5,8-11,14H2,1H3. The molecule has 1 aromatic heterocycles. The van der Waals surface area contributed by atoms with Crippen LogP contribution in [0.15, 0.2) is 42.7 Å². The van der Waals surface area contributed by atoms with Gasteiger partial charge in [-0.2, -0.15) is 0 Å². The number of aromatic nitrogens is 2. The van der Waals surface area contributed by atoms with Crippen LogP contribution in [0.25, 0.3) is 0 Å². The smallest absolute Gasteiger partial charge is 0.169 e. The van der Waals surface area contributed by atoms with Crippen LogP contribution >= 0.6 is 0 Å². The Labute approximate surface area is 149 Å². The Kier molecular flexibility index (Phi) is 4.62. The Bertz CT molecular complexity index is 715. The average Bonchev–Trinajstić information content (AvgIpc) is 2.62. The first kappa shape index (κ1) is 16.4. The first-order chi connectivity index (χ1) is 12.2. The normalized spacial score (nSPS) is 26.4. The Balaban J connectivity index is 1.49. The van der Waals surface area contributed by atoms with Gasteiger partial charge < -0.3 is 0 Å². The SMILES string of the molecule is Cc1ncc(C(=O)C2CC3CCCC(C2)N3Cc2ccccc2)cn1. The van der Waals surface area contributed by atoms with Crippen molar-refractivity contribution >= 4 is 5.78 Å². The Morgan fingerprint density at radius 3 is 2.36 bits per heavy atom. The minimum Gasteiger partial charge on any atom is -0.294 e. The average molecular weight is 335 g/mol. The van der Waals surface area contributed by atoms with Crippen molar-refractivity contribution in [3.05, 3.63) is 59.7 Å². The number of aryl methyl sites for hydroxylation is 1. The third-order valence-electron chi connectivity index (χ3n) is 5.77. The van der Waals surface area contributed by atoms with Gasteiger partial charge in [0.05, 0.1) is 5.56 Å². The highest BCUT2D eigenvalue weighted by molar-refractivity contribution is 5.97. The van der Waals surface area contributed by atoms with Gasteiger partial charge in [0, 0.05) is 36.9 Å². The monoisotopic (exact) mass is 335 g/mol. The topological polar surface area (TPSA) is 46.1 Å². The summed E-state index contributed by atoms with van der Waals surface area (Å²) in [7, 11) is 0. The van der Waals surface area contributed by atoms with E-state index in [1.165, 1.54) is 24.8 Å². The summed E-state index contributed by atoms with van der Waals surface area (Å²) in [4.78, 5) is 23.9. The van der Waals surface area contributed by atoms with Crippen molar-refractivity contribution in [1.82, 2.24) is 14.9 Å². The summed E-state index contributed by atoms with van der Waals surface area (Å²) in [6, 6.07) is 11.7. The molecule has 25 heavy (non-hydrogen) atoms. The maximum absolute atomic E-state index is 12.9. The van der Waals surface area contributed by atoms with Gasteiger partial charge in [-0.25, -0.2) is 9.97 Å². The Hall–Kier alpha value is -2.07. The quantitative estimate of drug-likeness (QED) is 0.797. The second-order valence-corrected chi connectivity index (χ2v) is 7.45. The molecule has 3 heterocycles. The highest BCUT2D eigenvalue weighted by Gasteiger charge is 2.40. The predicted molar refractivity (Wildman–Crippen MR) is 97.2 cm³/mol. The zero-order chi connectivity index (χ0) is 17.2. The lowest BCUT2D eigenvalue weighted by molar-refractivity contribution is 0.00904. The minimum absolute atomic E-state index is 0.119. The number of benzene rings is 1. The van der Waals surface area contributed by atoms with E-state index < -0.39 is 0 Å². The third kappa shape index (κ3) is 3.49. The number of rotatable bonds is 4. The molecule has 4 rings (SSSR count). The van der Waals surface area contributed by atoms with Crippen LogP contribution in [0.4, 0.5) is 0 Å². The van der Waals surface area contributed by atoms with E-state index in [-0.39, 0.29) is 11.7 Å². The van der Waals surface area contributed by atoms with Crippen molar-refractivity contribution in [3.63, 3.8) is 0 Å². The number of fused-ring (bicyclic) bond motifs is 2. The van der Waals surface area contributed by atoms with E-state index >= 15 is 0 Å². The van der Waals surface area contributed by atoms with E-state index in [0.717, 1.165) is 19.4 Å². The van der Waals surface area contributed by atoms with E-state index in [1.54, 1.807) is 12.4 Å². The largest absolute Gasteiger partial charge is 0.294 e. The third-order valence-corrected chi connectivity index (χ3v) is 5.77. The summed E-state index contributed by atoms with van der Waals surface area (Å²) >= 11 is 0. The van der Waals surface area contributed by atoms with Gasteiger partial charge in [-0.1, -0.05) is 36.8 Å². The van der Waals surface area contributed by atoms with E-state index in [0.29, 0.717) is 23.5 Å². The first-order valence-corrected chi connectivity index (χ1v) is 9.33. The molecule has 2 bridgehead atoms. The predicted octanol–water partition coefficient (Wildman–Crippen LogP) is 3.80. The fourth-order valence-corrected chi connectivity index (χ4v) is 4.50. The summed E-state index contributed by atoms with van der Waals surface area (Å²) in [5.74, 6) is 1.07. The van der Waals surface area contributed by atoms with Gasteiger partial charge in [0.15, 0.2) is 5.78 Å². The summed E-state index contributed by atoms with van der Waals surface area (Å²) < 4.78 is 0. The van der Waals surface area contributed by atoms with Crippen LogP contribution in [-0.2, 0) is 6.54 Å². The molecule has 2 aromatic rings. The number of hydrogen-bond acceptors (Lipinski definition) is 4. The molecule has 2 fully saturated rings. The molecule has 0 aliphatic carbocycles. The zero-order valence-electron chi connectivity index (χ0n) is 14.8. The molecular formula is C21H25N3O. The number of piperidine rings is 2. The van der Waals surface area contributed by atoms with Crippen LogP contribution < -0.4 is 0 Å². The molecule has 4 nitrogen and oxygen atoms in total. The number of hydrogen-bond donors (Lipinski definition) is 0. The molecule has 0 amide bonds. The van der Waals surface area contributed by atoms with Gasteiger partial charge in [0.1, 0.15) is 5.82 Å². The van der Waals surface area contributed by atoms with Crippen molar-refractivity contribution < 1.29 is 4.79 Å². The number of nitrogens with zero attached hydrogens (tertiary/aromatic N) is 3. The highest BCUT2D eigenvalue weighted by atomic mass is 16.1. The van der Waals surface area contributed by atoms with Crippen LogP contribution in [-0.4, -0.2) is 32.7 Å². The van der Waals surface area contributed by atoms with Gasteiger partial charge >= 0.3 is 0 Å². The molecule has 1 aromatic carbocycles. The molecule has 2 aliphatic heterocycles. The fourth-order valence-electron chi connectivity index (χ4n) is 4.50. The molecule has 0 radical (unpaired) electrons. The molecule has 2 unspecified atom stereocenters. The zero-order valence-corrected chi connectivity index (χ0v) is 14.8. The molecule has 4 heteroatoms. The lowest BCUT2D eigenvalue weighted by Crippen LogP contribution is -2.52. The van der Waals surface area contributed by atoms with Crippen molar-refractivity contribution in [2.75, 3.05) is 0 Å². The number of Topliss-reactive ketones (excluding diaryl/α,β-unsaturated/α-hetero) is 1. The highest BCUT2D eigenvalue weighted by Crippen LogP contribution is 2.39. The van der Waals surface area contributed by atoms with Crippen LogP contribution in [0.5, 0.6) is 0 Å². The maximum Gasteiger partial charge on any atom is 0.169 e. The number of carbonyl (C=O) groups is 1. The Morgan fingerprint density at radius 1 is 1.08 bits per heavy atom. The van der Waals surface area contributed by atoms with Crippen LogP contribution in [0.2, 0.25) is 0 Å². The van der Waals surface area contributed by atoms with E-state index in [2.05, 4.69) is 45.2 Å². The van der Waals surface area contributed by atoms with Gasteiger partial charge in [-0.3, -0.25) is 9.69 Å². The summed E-state index contributed by atoms with van der Waals surface area (Å²) in [5, 5.41) is 0. The van der Waals surface area contributed by atoms with Gasteiger partial charge in [-0.05, 0) is 38.2 Å². The lowest BCUT2D eigenvalue weighted by atomic mass is 9.75. The summed E-state index contributed by atoms with van der Waals surface area (Å²) in [6.45, 7) is 2.85. The molecule has 0 saturated carbocycles. The molecule has 130 valence electrons. The van der Waals surface area contributed by atoms with Crippen molar-refractivity contribution in [3.8, 4) is 0 Å². The maximum atomic E-state index is 12.9. The number of carbonyl (C=O) groups excluding carboxylic acids is 1. The summed E-state index contributed by atoms with van der Waals surface area (Å²) in [6.07, 6.45) is 9.02. The van der Waals surface area contributed by atoms with Gasteiger partial charge in [0.2, 0.25) is 0 Å². The van der Waals surface area contributed by atoms with Crippen molar-refractivity contribution in [1.29, 1.82) is 0 Å². The van der Waals surface area contributed by atoms with Gasteiger partial charge in [0.25, 0.3) is 0 Å². The van der Waals surface area contributed by atoms with E-state index in [1.807, 2.05) is 6.92 Å². The second kappa shape index (κ2) is 7.04. The van der Waals surface area contributed by atoms with E-state index in [4.69, 9.17) is 0 Å². The molecule has 0 N–H and O–H groups in total. The molecule has 2 aliphatic rings. The number of ketones is 1. The van der Waals surface area contributed by atoms with Gasteiger partial charge in [-0.15, -0.1) is 0 Å². The molecule has 0 spiro atoms. The van der Waals surface area contributed by atoms with E-state index in [9.17, 15) is 4.79 Å². The second-order valence-electron chi connectivity index (χ2n) is 7.45. The fraction of sp³-hybridized carbons (Fsp3) is 0.476. The molecule has 2 atom stereocenters. The Morgan fingerprint density at radius 2 is 1.72 bits per heavy atom. The molecular weight excluding hydrogens is 310 g/mol. The van der Waals surface area contributed by atoms with Crippen molar-refractivity contribution in [2.24, 2.45) is 5.92 Å². The minimum atomic E-state index is 0.119. The first-order valence-electron chi connectivity index (χ1n) is 9.33.